The molecule has 0 saturated heterocycles. The molecule has 3 N–H and O–H groups in total. The lowest BCUT2D eigenvalue weighted by atomic mass is 10.2. The average molecular weight is 396 g/mol. The molecule has 0 bridgehead atoms. The Hall–Kier alpha value is -2.61. The number of carbonyl (C=O) groups excluding carboxylic acids is 1. The second kappa shape index (κ2) is 8.30. The molecule has 0 heterocycles. The van der Waals surface area contributed by atoms with Crippen LogP contribution in [-0.4, -0.2) is 19.4 Å². The Labute approximate surface area is 146 Å². The Morgan fingerprint density at radius 3 is 2.71 bits per heavy atom. The number of carbonyl (C=O) groups is 1. The van der Waals surface area contributed by atoms with Gasteiger partial charge in [0.05, 0.1) is 17.8 Å². The summed E-state index contributed by atoms with van der Waals surface area (Å²) in [6, 6.07) is 8.72. The van der Waals surface area contributed by atoms with Crippen LogP contribution in [0.4, 0.5) is 9.18 Å². The van der Waals surface area contributed by atoms with E-state index in [0.717, 1.165) is 5.56 Å². The van der Waals surface area contributed by atoms with Gasteiger partial charge in [0.15, 0.2) is 11.5 Å². The van der Waals surface area contributed by atoms with Gasteiger partial charge in [-0.3, -0.25) is 0 Å². The van der Waals surface area contributed by atoms with Crippen molar-refractivity contribution in [2.45, 2.75) is 6.61 Å². The highest BCUT2D eigenvalue weighted by Crippen LogP contribution is 2.36. The number of amides is 2. The van der Waals surface area contributed by atoms with Crippen LogP contribution in [-0.2, 0) is 6.61 Å². The van der Waals surface area contributed by atoms with E-state index in [0.29, 0.717) is 21.5 Å². The quantitative estimate of drug-likeness (QED) is 0.581. The zero-order chi connectivity index (χ0) is 17.5. The molecule has 0 atom stereocenters. The summed E-state index contributed by atoms with van der Waals surface area (Å²) in [7, 11) is 1.51. The molecule has 0 radical (unpaired) electrons. The van der Waals surface area contributed by atoms with E-state index in [2.05, 4.69) is 26.5 Å². The van der Waals surface area contributed by atoms with Crippen molar-refractivity contribution in [1.82, 2.24) is 5.43 Å². The molecule has 2 aromatic rings. The van der Waals surface area contributed by atoms with E-state index in [4.69, 9.17) is 15.2 Å². The molecule has 2 aromatic carbocycles. The summed E-state index contributed by atoms with van der Waals surface area (Å²) in [6.45, 7) is 0.256. The number of ether oxygens (including phenoxy) is 2. The predicted octanol–water partition coefficient (Wildman–Crippen LogP) is 3.18. The van der Waals surface area contributed by atoms with Crippen molar-refractivity contribution in [3.63, 3.8) is 0 Å². The monoisotopic (exact) mass is 395 g/mol. The molecule has 126 valence electrons. The van der Waals surface area contributed by atoms with Crippen LogP contribution in [0, 0.1) is 5.82 Å². The molecule has 6 nitrogen and oxygen atoms in total. The number of rotatable bonds is 6. The van der Waals surface area contributed by atoms with Crippen molar-refractivity contribution in [3.05, 3.63) is 57.8 Å². The Balaban J connectivity index is 2.15. The first-order valence-corrected chi connectivity index (χ1v) is 7.62. The lowest BCUT2D eigenvalue weighted by Gasteiger charge is -2.13. The molecular weight excluding hydrogens is 381 g/mol. The van der Waals surface area contributed by atoms with E-state index in [1.165, 1.54) is 25.5 Å². The third-order valence-electron chi connectivity index (χ3n) is 2.94. The van der Waals surface area contributed by atoms with Gasteiger partial charge < -0.3 is 15.2 Å². The van der Waals surface area contributed by atoms with Crippen molar-refractivity contribution in [2.75, 3.05) is 7.11 Å². The first-order chi connectivity index (χ1) is 11.5. The number of nitrogens with zero attached hydrogens (tertiary/aromatic N) is 1. The molecule has 0 spiro atoms. The molecular formula is C16H15BrFN3O3. The number of methoxy groups -OCH3 is 1. The lowest BCUT2D eigenvalue weighted by molar-refractivity contribution is 0.249. The van der Waals surface area contributed by atoms with Crippen molar-refractivity contribution >= 4 is 28.2 Å². The second-order valence-electron chi connectivity index (χ2n) is 4.68. The smallest absolute Gasteiger partial charge is 0.332 e. The summed E-state index contributed by atoms with van der Waals surface area (Å²) in [5.74, 6) is 0.680. The van der Waals surface area contributed by atoms with E-state index in [-0.39, 0.29) is 12.4 Å². The third kappa shape index (κ3) is 4.95. The largest absolute Gasteiger partial charge is 0.493 e. The Bertz CT molecular complexity index is 751. The van der Waals surface area contributed by atoms with Crippen molar-refractivity contribution in [2.24, 2.45) is 10.8 Å². The summed E-state index contributed by atoms with van der Waals surface area (Å²) < 4.78 is 24.6. The number of nitrogens with two attached hydrogens (primary N) is 1. The van der Waals surface area contributed by atoms with Gasteiger partial charge in [-0.15, -0.1) is 0 Å². The summed E-state index contributed by atoms with van der Waals surface area (Å²) in [5, 5.41) is 3.69. The van der Waals surface area contributed by atoms with Gasteiger partial charge in [0, 0.05) is 0 Å². The molecule has 0 fully saturated rings. The zero-order valence-electron chi connectivity index (χ0n) is 12.8. The topological polar surface area (TPSA) is 85.9 Å². The number of primary amides is 1. The van der Waals surface area contributed by atoms with Crippen LogP contribution in [0.15, 0.2) is 46.0 Å². The fourth-order valence-corrected chi connectivity index (χ4v) is 2.44. The van der Waals surface area contributed by atoms with Gasteiger partial charge in [0.25, 0.3) is 0 Å². The first-order valence-electron chi connectivity index (χ1n) is 6.83. The first kappa shape index (κ1) is 17.7. The maximum Gasteiger partial charge on any atom is 0.332 e. The molecule has 0 unspecified atom stereocenters. The molecule has 0 aromatic heterocycles. The molecule has 8 heteroatoms. The maximum absolute atomic E-state index is 12.9. The van der Waals surface area contributed by atoms with E-state index in [9.17, 15) is 9.18 Å². The minimum atomic E-state index is -0.753. The Kier molecular flexibility index (Phi) is 6.14. The number of nitrogens with one attached hydrogen (secondary N) is 1. The van der Waals surface area contributed by atoms with Crippen LogP contribution >= 0.6 is 15.9 Å². The Morgan fingerprint density at radius 1 is 1.38 bits per heavy atom. The third-order valence-corrected chi connectivity index (χ3v) is 3.53. The van der Waals surface area contributed by atoms with Gasteiger partial charge in [0.2, 0.25) is 0 Å². The van der Waals surface area contributed by atoms with Crippen molar-refractivity contribution in [1.29, 1.82) is 0 Å². The number of urea groups is 1. The second-order valence-corrected chi connectivity index (χ2v) is 5.54. The lowest BCUT2D eigenvalue weighted by Crippen LogP contribution is -2.24. The molecule has 0 aliphatic heterocycles. The minimum absolute atomic E-state index is 0.256. The van der Waals surface area contributed by atoms with Gasteiger partial charge in [-0.1, -0.05) is 12.1 Å². The highest BCUT2D eigenvalue weighted by molar-refractivity contribution is 9.10. The van der Waals surface area contributed by atoms with Crippen molar-refractivity contribution < 1.29 is 18.7 Å². The molecule has 0 aliphatic rings. The molecule has 2 amide bonds. The van der Waals surface area contributed by atoms with E-state index >= 15 is 0 Å². The van der Waals surface area contributed by atoms with Crippen LogP contribution in [0.2, 0.25) is 0 Å². The number of hydrazone groups is 1. The van der Waals surface area contributed by atoms with Crippen molar-refractivity contribution in [3.8, 4) is 11.5 Å². The van der Waals surface area contributed by atoms with Gasteiger partial charge in [0.1, 0.15) is 12.4 Å². The molecule has 0 aliphatic carbocycles. The fraction of sp³-hybridized carbons (Fsp3) is 0.125. The van der Waals surface area contributed by atoms with Crippen LogP contribution in [0.3, 0.4) is 0 Å². The van der Waals surface area contributed by atoms with E-state index in [1.807, 2.05) is 0 Å². The molecule has 0 saturated carbocycles. The standard InChI is InChI=1S/C16H15BrFN3O3/c1-23-14-7-11(8-20-21-16(19)22)6-13(17)15(14)24-9-10-2-4-12(18)5-3-10/h2-8H,9H2,1H3,(H3,19,21,22). The summed E-state index contributed by atoms with van der Waals surface area (Å²) >= 11 is 3.41. The molecule has 2 rings (SSSR count). The highest BCUT2D eigenvalue weighted by Gasteiger charge is 2.11. The summed E-state index contributed by atoms with van der Waals surface area (Å²) in [4.78, 5) is 10.6. The normalized spacial score (nSPS) is 10.6. The Morgan fingerprint density at radius 2 is 2.08 bits per heavy atom. The maximum atomic E-state index is 12.9. The van der Waals surface area contributed by atoms with E-state index < -0.39 is 6.03 Å². The van der Waals surface area contributed by atoms with Crippen LogP contribution in [0.1, 0.15) is 11.1 Å². The molecule has 24 heavy (non-hydrogen) atoms. The fourth-order valence-electron chi connectivity index (χ4n) is 1.86. The number of hydrogen-bond acceptors (Lipinski definition) is 4. The zero-order valence-corrected chi connectivity index (χ0v) is 14.3. The predicted molar refractivity (Wildman–Crippen MR) is 91.7 cm³/mol. The van der Waals surface area contributed by atoms with E-state index in [1.54, 1.807) is 24.3 Å². The number of halogens is 2. The number of benzene rings is 2. The summed E-state index contributed by atoms with van der Waals surface area (Å²) in [6.07, 6.45) is 1.42. The van der Waals surface area contributed by atoms with Gasteiger partial charge in [-0.2, -0.15) is 5.10 Å². The SMILES string of the molecule is COc1cc(C=NNC(N)=O)cc(Br)c1OCc1ccc(F)cc1. The summed E-state index contributed by atoms with van der Waals surface area (Å²) in [5.41, 5.74) is 8.53. The van der Waals surface area contributed by atoms with Gasteiger partial charge in [-0.25, -0.2) is 14.6 Å². The number of hydrogen-bond donors (Lipinski definition) is 2. The van der Waals surface area contributed by atoms with Crippen LogP contribution < -0.4 is 20.6 Å². The average Bonchev–Trinajstić information content (AvgIpc) is 2.54. The van der Waals surface area contributed by atoms with Gasteiger partial charge in [-0.05, 0) is 51.3 Å². The van der Waals surface area contributed by atoms with Gasteiger partial charge >= 0.3 is 6.03 Å². The minimum Gasteiger partial charge on any atom is -0.493 e. The van der Waals surface area contributed by atoms with Crippen LogP contribution in [0.25, 0.3) is 0 Å². The van der Waals surface area contributed by atoms with Crippen LogP contribution in [0.5, 0.6) is 11.5 Å². The highest BCUT2D eigenvalue weighted by atomic mass is 79.9.